The predicted octanol–water partition coefficient (Wildman–Crippen LogP) is 3.48. The van der Waals surface area contributed by atoms with Gasteiger partial charge in [-0.2, -0.15) is 0 Å². The Morgan fingerprint density at radius 3 is 2.60 bits per heavy atom. The fourth-order valence-electron chi connectivity index (χ4n) is 2.18. The highest BCUT2D eigenvalue weighted by Crippen LogP contribution is 2.36. The van der Waals surface area contributed by atoms with Crippen molar-refractivity contribution in [1.29, 1.82) is 0 Å². The average Bonchev–Trinajstić information content (AvgIpc) is 2.63. The molecule has 0 aromatic heterocycles. The summed E-state index contributed by atoms with van der Waals surface area (Å²) in [5, 5.41) is 0. The molecular formula is C16H16FNO2. The lowest BCUT2D eigenvalue weighted by molar-refractivity contribution is 0.228. The first-order valence-electron chi connectivity index (χ1n) is 6.58. The van der Waals surface area contributed by atoms with Crippen molar-refractivity contribution < 1.29 is 13.9 Å². The van der Waals surface area contributed by atoms with Gasteiger partial charge in [-0.1, -0.05) is 13.0 Å². The lowest BCUT2D eigenvalue weighted by atomic mass is 10.0. The molecular weight excluding hydrogens is 257 g/mol. The SMILES string of the molecule is CC1COc2ccc(-c3cc(N)ccc3F)cc2OC1. The summed E-state index contributed by atoms with van der Waals surface area (Å²) in [5.41, 5.74) is 7.45. The zero-order valence-electron chi connectivity index (χ0n) is 11.2. The van der Waals surface area contributed by atoms with E-state index in [1.807, 2.05) is 12.1 Å². The lowest BCUT2D eigenvalue weighted by Crippen LogP contribution is -2.12. The molecule has 0 spiro atoms. The topological polar surface area (TPSA) is 44.5 Å². The molecule has 3 nitrogen and oxygen atoms in total. The number of nitrogens with two attached hydrogens (primary N) is 1. The number of fused-ring (bicyclic) bond motifs is 1. The van der Waals surface area contributed by atoms with Crippen LogP contribution in [0.5, 0.6) is 11.5 Å². The van der Waals surface area contributed by atoms with Crippen LogP contribution in [-0.2, 0) is 0 Å². The number of halogens is 1. The normalized spacial score (nSPS) is 17.6. The van der Waals surface area contributed by atoms with Gasteiger partial charge in [-0.05, 0) is 35.9 Å². The minimum atomic E-state index is -0.304. The van der Waals surface area contributed by atoms with E-state index in [2.05, 4.69) is 6.92 Å². The average molecular weight is 273 g/mol. The Morgan fingerprint density at radius 1 is 1.05 bits per heavy atom. The number of anilines is 1. The molecule has 1 aliphatic heterocycles. The molecule has 0 amide bonds. The van der Waals surface area contributed by atoms with Gasteiger partial charge in [0, 0.05) is 17.2 Å². The quantitative estimate of drug-likeness (QED) is 0.809. The molecule has 4 heteroatoms. The molecule has 104 valence electrons. The van der Waals surface area contributed by atoms with E-state index >= 15 is 0 Å². The van der Waals surface area contributed by atoms with Crippen LogP contribution in [0.15, 0.2) is 36.4 Å². The second kappa shape index (κ2) is 5.04. The zero-order chi connectivity index (χ0) is 14.1. The first-order chi connectivity index (χ1) is 9.63. The molecule has 3 rings (SSSR count). The summed E-state index contributed by atoms with van der Waals surface area (Å²) in [5.74, 6) is 1.37. The largest absolute Gasteiger partial charge is 0.489 e. The van der Waals surface area contributed by atoms with Gasteiger partial charge in [0.05, 0.1) is 13.2 Å². The van der Waals surface area contributed by atoms with Gasteiger partial charge in [0.15, 0.2) is 11.5 Å². The van der Waals surface area contributed by atoms with E-state index in [9.17, 15) is 4.39 Å². The predicted molar refractivity (Wildman–Crippen MR) is 76.4 cm³/mol. The van der Waals surface area contributed by atoms with Crippen LogP contribution >= 0.6 is 0 Å². The monoisotopic (exact) mass is 273 g/mol. The molecule has 2 aromatic rings. The summed E-state index contributed by atoms with van der Waals surface area (Å²) in [7, 11) is 0. The third-order valence-corrected chi connectivity index (χ3v) is 3.29. The minimum Gasteiger partial charge on any atom is -0.489 e. The Hall–Kier alpha value is -2.23. The van der Waals surface area contributed by atoms with E-state index < -0.39 is 0 Å². The highest BCUT2D eigenvalue weighted by molar-refractivity contribution is 5.70. The molecule has 0 saturated heterocycles. The number of hydrogen-bond donors (Lipinski definition) is 1. The summed E-state index contributed by atoms with van der Waals surface area (Å²) in [6.07, 6.45) is 0. The molecule has 2 N–H and O–H groups in total. The fraction of sp³-hybridized carbons (Fsp3) is 0.250. The van der Waals surface area contributed by atoms with Crippen molar-refractivity contribution >= 4 is 5.69 Å². The maximum Gasteiger partial charge on any atom is 0.161 e. The third kappa shape index (κ3) is 2.41. The van der Waals surface area contributed by atoms with Crippen LogP contribution in [0.25, 0.3) is 11.1 Å². The second-order valence-electron chi connectivity index (χ2n) is 5.13. The van der Waals surface area contributed by atoms with E-state index in [-0.39, 0.29) is 5.82 Å². The molecule has 1 atom stereocenters. The van der Waals surface area contributed by atoms with Crippen molar-refractivity contribution in [3.05, 3.63) is 42.2 Å². The summed E-state index contributed by atoms with van der Waals surface area (Å²) in [4.78, 5) is 0. The van der Waals surface area contributed by atoms with Crippen LogP contribution < -0.4 is 15.2 Å². The smallest absolute Gasteiger partial charge is 0.161 e. The number of benzene rings is 2. The fourth-order valence-corrected chi connectivity index (χ4v) is 2.18. The van der Waals surface area contributed by atoms with Crippen molar-refractivity contribution in [2.45, 2.75) is 6.92 Å². The maximum atomic E-state index is 13.9. The van der Waals surface area contributed by atoms with E-state index in [0.29, 0.717) is 41.9 Å². The third-order valence-electron chi connectivity index (χ3n) is 3.29. The molecule has 1 heterocycles. The number of ether oxygens (including phenoxy) is 2. The lowest BCUT2D eigenvalue weighted by Gasteiger charge is -2.10. The highest BCUT2D eigenvalue weighted by Gasteiger charge is 2.16. The van der Waals surface area contributed by atoms with Crippen molar-refractivity contribution in [3.63, 3.8) is 0 Å². The van der Waals surface area contributed by atoms with E-state index in [4.69, 9.17) is 15.2 Å². The van der Waals surface area contributed by atoms with Gasteiger partial charge in [0.2, 0.25) is 0 Å². The second-order valence-corrected chi connectivity index (χ2v) is 5.13. The number of hydrogen-bond acceptors (Lipinski definition) is 3. The van der Waals surface area contributed by atoms with E-state index in [1.165, 1.54) is 6.07 Å². The molecule has 0 radical (unpaired) electrons. The zero-order valence-corrected chi connectivity index (χ0v) is 11.2. The molecule has 20 heavy (non-hydrogen) atoms. The molecule has 2 aromatic carbocycles. The molecule has 1 aliphatic rings. The summed E-state index contributed by atoms with van der Waals surface area (Å²) in [6, 6.07) is 9.96. The number of rotatable bonds is 1. The van der Waals surface area contributed by atoms with Gasteiger partial charge in [0.1, 0.15) is 5.82 Å². The van der Waals surface area contributed by atoms with Gasteiger partial charge < -0.3 is 15.2 Å². The maximum absolute atomic E-state index is 13.9. The van der Waals surface area contributed by atoms with Gasteiger partial charge in [-0.3, -0.25) is 0 Å². The first-order valence-corrected chi connectivity index (χ1v) is 6.58. The number of nitrogen functional groups attached to an aromatic ring is 1. The standard InChI is InChI=1S/C16H16FNO2/c1-10-8-19-15-5-2-11(6-16(15)20-9-10)13-7-12(18)3-4-14(13)17/h2-7,10H,8-9,18H2,1H3. The van der Waals surface area contributed by atoms with Crippen LogP contribution in [0.3, 0.4) is 0 Å². The van der Waals surface area contributed by atoms with Gasteiger partial charge in [0.25, 0.3) is 0 Å². The Morgan fingerprint density at radius 2 is 1.80 bits per heavy atom. The van der Waals surface area contributed by atoms with Crippen molar-refractivity contribution in [1.82, 2.24) is 0 Å². The molecule has 0 aliphatic carbocycles. The van der Waals surface area contributed by atoms with Crippen LogP contribution in [-0.4, -0.2) is 13.2 Å². The Labute approximate surface area is 117 Å². The molecule has 0 fully saturated rings. The van der Waals surface area contributed by atoms with Crippen LogP contribution in [0.2, 0.25) is 0 Å². The molecule has 1 unspecified atom stereocenters. The van der Waals surface area contributed by atoms with Crippen molar-refractivity contribution in [2.75, 3.05) is 18.9 Å². The highest BCUT2D eigenvalue weighted by atomic mass is 19.1. The van der Waals surface area contributed by atoms with Crippen LogP contribution in [0.1, 0.15) is 6.92 Å². The molecule has 0 bridgehead atoms. The summed E-state index contributed by atoms with van der Waals surface area (Å²) < 4.78 is 25.3. The Balaban J connectivity index is 2.02. The summed E-state index contributed by atoms with van der Waals surface area (Å²) in [6.45, 7) is 3.28. The van der Waals surface area contributed by atoms with Gasteiger partial charge in [-0.15, -0.1) is 0 Å². The first kappa shape index (κ1) is 12.8. The van der Waals surface area contributed by atoms with Gasteiger partial charge >= 0.3 is 0 Å². The van der Waals surface area contributed by atoms with Crippen molar-refractivity contribution in [2.24, 2.45) is 5.92 Å². The van der Waals surface area contributed by atoms with E-state index in [1.54, 1.807) is 18.2 Å². The van der Waals surface area contributed by atoms with Gasteiger partial charge in [-0.25, -0.2) is 4.39 Å². The Kier molecular flexibility index (Phi) is 3.22. The molecule has 0 saturated carbocycles. The van der Waals surface area contributed by atoms with Crippen LogP contribution in [0, 0.1) is 11.7 Å². The minimum absolute atomic E-state index is 0.304. The van der Waals surface area contributed by atoms with Crippen molar-refractivity contribution in [3.8, 4) is 22.6 Å². The summed E-state index contributed by atoms with van der Waals surface area (Å²) >= 11 is 0. The van der Waals surface area contributed by atoms with Crippen LogP contribution in [0.4, 0.5) is 10.1 Å². The van der Waals surface area contributed by atoms with E-state index in [0.717, 1.165) is 5.56 Å². The Bertz CT molecular complexity index is 642.